The van der Waals surface area contributed by atoms with Crippen LogP contribution in [0.25, 0.3) is 17.5 Å². The summed E-state index contributed by atoms with van der Waals surface area (Å²) in [5.41, 5.74) is 0.0626. The number of amides is 1. The molecule has 1 atom stereocenters. The van der Waals surface area contributed by atoms with Crippen LogP contribution in [0.15, 0.2) is 53.1 Å². The van der Waals surface area contributed by atoms with E-state index < -0.39 is 30.3 Å². The number of aromatic nitrogens is 2. The Morgan fingerprint density at radius 1 is 1.16 bits per heavy atom. The summed E-state index contributed by atoms with van der Waals surface area (Å²) in [7, 11) is 0. The molecular weight excluding hydrogens is 458 g/mol. The first kappa shape index (κ1) is 22.8. The molecule has 0 aliphatic carbocycles. The Hall–Kier alpha value is -2.88. The molecule has 2 N–H and O–H groups in total. The molecule has 162 valence electrons. The number of hydrogen-bond acceptors (Lipinski definition) is 5. The van der Waals surface area contributed by atoms with Gasteiger partial charge in [-0.05, 0) is 42.0 Å². The van der Waals surface area contributed by atoms with Crippen molar-refractivity contribution in [1.82, 2.24) is 15.5 Å². The van der Waals surface area contributed by atoms with Gasteiger partial charge in [0.25, 0.3) is 5.89 Å². The van der Waals surface area contributed by atoms with Crippen molar-refractivity contribution in [1.29, 1.82) is 0 Å². The van der Waals surface area contributed by atoms with Gasteiger partial charge in [0.1, 0.15) is 6.04 Å². The molecule has 0 spiro atoms. The van der Waals surface area contributed by atoms with Gasteiger partial charge in [-0.25, -0.2) is 0 Å². The third kappa shape index (κ3) is 6.06. The van der Waals surface area contributed by atoms with Crippen LogP contribution in [-0.2, 0) is 11.0 Å². The van der Waals surface area contributed by atoms with E-state index in [4.69, 9.17) is 27.7 Å². The lowest BCUT2D eigenvalue weighted by Crippen LogP contribution is -2.29. The molecule has 0 aliphatic heterocycles. The summed E-state index contributed by atoms with van der Waals surface area (Å²) in [6.07, 6.45) is -1.78. The van der Waals surface area contributed by atoms with Gasteiger partial charge in [-0.3, -0.25) is 4.79 Å². The second-order valence-corrected chi connectivity index (χ2v) is 7.18. The summed E-state index contributed by atoms with van der Waals surface area (Å²) in [5.74, 6) is -0.657. The standard InChI is InChI=1S/C20H14Cl2F3N3O3/c21-14-7-11(8-15(22)9-14)1-6-17(30)26-16(10-29)19-27-18(28-31-19)12-2-4-13(5-3-12)20(23,24)25/h1-9,16,29H,10H2,(H,26,30)/b6-1+. The van der Waals surface area contributed by atoms with Gasteiger partial charge in [0.15, 0.2) is 0 Å². The number of halogens is 5. The van der Waals surface area contributed by atoms with Crippen LogP contribution < -0.4 is 5.32 Å². The minimum atomic E-state index is -4.46. The van der Waals surface area contributed by atoms with Crippen molar-refractivity contribution in [3.05, 3.63) is 75.6 Å². The normalized spacial score (nSPS) is 12.8. The zero-order valence-corrected chi connectivity index (χ0v) is 17.0. The highest BCUT2D eigenvalue weighted by Crippen LogP contribution is 2.30. The maximum Gasteiger partial charge on any atom is 0.416 e. The number of carbonyl (C=O) groups excluding carboxylic acids is 1. The number of hydrogen-bond donors (Lipinski definition) is 2. The van der Waals surface area contributed by atoms with Crippen molar-refractivity contribution in [3.63, 3.8) is 0 Å². The van der Waals surface area contributed by atoms with Crippen LogP contribution in [0.4, 0.5) is 13.2 Å². The number of nitrogens with zero attached hydrogens (tertiary/aromatic N) is 2. The summed E-state index contributed by atoms with van der Waals surface area (Å²) >= 11 is 11.8. The van der Waals surface area contributed by atoms with Gasteiger partial charge in [0, 0.05) is 21.7 Å². The zero-order valence-electron chi connectivity index (χ0n) is 15.5. The van der Waals surface area contributed by atoms with Crippen molar-refractivity contribution in [2.75, 3.05) is 6.61 Å². The molecule has 2 aromatic carbocycles. The molecule has 3 aromatic rings. The summed E-state index contributed by atoms with van der Waals surface area (Å²) in [6, 6.07) is 7.92. The van der Waals surface area contributed by atoms with Crippen LogP contribution in [0, 0.1) is 0 Å². The van der Waals surface area contributed by atoms with Crippen LogP contribution >= 0.6 is 23.2 Å². The molecule has 0 saturated carbocycles. The molecule has 1 unspecified atom stereocenters. The lowest BCUT2D eigenvalue weighted by Gasteiger charge is -2.10. The van der Waals surface area contributed by atoms with Gasteiger partial charge in [-0.15, -0.1) is 0 Å². The summed E-state index contributed by atoms with van der Waals surface area (Å²) in [5, 5.41) is 16.6. The van der Waals surface area contributed by atoms with Gasteiger partial charge in [0.2, 0.25) is 11.7 Å². The van der Waals surface area contributed by atoms with E-state index in [1.54, 1.807) is 18.2 Å². The SMILES string of the molecule is O=C(/C=C/c1cc(Cl)cc(Cl)c1)NC(CO)c1nc(-c2ccc(C(F)(F)F)cc2)no1. The molecular formula is C20H14Cl2F3N3O3. The molecule has 1 amide bonds. The lowest BCUT2D eigenvalue weighted by atomic mass is 10.1. The first-order valence-electron chi connectivity index (χ1n) is 8.72. The van der Waals surface area contributed by atoms with Gasteiger partial charge >= 0.3 is 6.18 Å². The van der Waals surface area contributed by atoms with E-state index in [2.05, 4.69) is 15.5 Å². The van der Waals surface area contributed by atoms with Crippen LogP contribution in [-0.4, -0.2) is 27.8 Å². The van der Waals surface area contributed by atoms with Crippen molar-refractivity contribution < 1.29 is 27.6 Å². The zero-order chi connectivity index (χ0) is 22.6. The Balaban J connectivity index is 1.69. The van der Waals surface area contributed by atoms with Crippen LogP contribution in [0.1, 0.15) is 23.1 Å². The second kappa shape index (κ2) is 9.51. The minimum Gasteiger partial charge on any atom is -0.394 e. The fourth-order valence-corrected chi connectivity index (χ4v) is 3.09. The van der Waals surface area contributed by atoms with Crippen LogP contribution in [0.3, 0.4) is 0 Å². The number of carbonyl (C=O) groups is 1. The van der Waals surface area contributed by atoms with Gasteiger partial charge in [-0.2, -0.15) is 18.2 Å². The fraction of sp³-hybridized carbons (Fsp3) is 0.150. The number of aliphatic hydroxyl groups excluding tert-OH is 1. The number of rotatable bonds is 6. The summed E-state index contributed by atoms with van der Waals surface area (Å²) in [4.78, 5) is 16.2. The van der Waals surface area contributed by atoms with Crippen molar-refractivity contribution in [3.8, 4) is 11.4 Å². The predicted molar refractivity (Wildman–Crippen MR) is 108 cm³/mol. The highest BCUT2D eigenvalue weighted by atomic mass is 35.5. The lowest BCUT2D eigenvalue weighted by molar-refractivity contribution is -0.137. The quantitative estimate of drug-likeness (QED) is 0.497. The first-order chi connectivity index (χ1) is 14.7. The van der Waals surface area contributed by atoms with Crippen LogP contribution in [0.2, 0.25) is 10.0 Å². The molecule has 0 aliphatic rings. The Bertz CT molecular complexity index is 1080. The summed E-state index contributed by atoms with van der Waals surface area (Å²) in [6.45, 7) is -0.544. The monoisotopic (exact) mass is 471 g/mol. The Morgan fingerprint density at radius 3 is 2.39 bits per heavy atom. The second-order valence-electron chi connectivity index (χ2n) is 6.31. The van der Waals surface area contributed by atoms with Crippen molar-refractivity contribution >= 4 is 35.2 Å². The predicted octanol–water partition coefficient (Wildman–Crippen LogP) is 4.93. The molecule has 0 radical (unpaired) electrons. The summed E-state index contributed by atoms with van der Waals surface area (Å²) < 4.78 is 43.1. The molecule has 0 fully saturated rings. The Kier molecular flexibility index (Phi) is 6.99. The van der Waals surface area contributed by atoms with E-state index in [0.717, 1.165) is 12.1 Å². The average Bonchev–Trinajstić information content (AvgIpc) is 3.19. The maximum atomic E-state index is 12.7. The molecule has 0 saturated heterocycles. The molecule has 1 aromatic heterocycles. The largest absolute Gasteiger partial charge is 0.416 e. The third-order valence-corrected chi connectivity index (χ3v) is 4.46. The van der Waals surface area contributed by atoms with E-state index in [1.807, 2.05) is 0 Å². The average molecular weight is 472 g/mol. The number of aliphatic hydroxyl groups is 1. The maximum absolute atomic E-state index is 12.7. The van der Waals surface area contributed by atoms with Gasteiger partial charge in [0.05, 0.1) is 12.2 Å². The topological polar surface area (TPSA) is 88.2 Å². The molecule has 3 rings (SSSR count). The van der Waals surface area contributed by atoms with Gasteiger partial charge < -0.3 is 14.9 Å². The van der Waals surface area contributed by atoms with Crippen LogP contribution in [0.5, 0.6) is 0 Å². The van der Waals surface area contributed by atoms with E-state index in [0.29, 0.717) is 15.6 Å². The van der Waals surface area contributed by atoms with E-state index in [9.17, 15) is 23.1 Å². The van der Waals surface area contributed by atoms with Crippen molar-refractivity contribution in [2.24, 2.45) is 0 Å². The molecule has 6 nitrogen and oxygen atoms in total. The van der Waals surface area contributed by atoms with E-state index in [1.165, 1.54) is 24.3 Å². The Labute approximate surface area is 184 Å². The van der Waals surface area contributed by atoms with E-state index in [-0.39, 0.29) is 17.3 Å². The highest BCUT2D eigenvalue weighted by Gasteiger charge is 2.30. The number of benzene rings is 2. The molecule has 0 bridgehead atoms. The highest BCUT2D eigenvalue weighted by molar-refractivity contribution is 6.34. The number of alkyl halides is 3. The first-order valence-corrected chi connectivity index (χ1v) is 9.48. The van der Waals surface area contributed by atoms with E-state index >= 15 is 0 Å². The molecule has 11 heteroatoms. The van der Waals surface area contributed by atoms with Gasteiger partial charge in [-0.1, -0.05) is 40.5 Å². The Morgan fingerprint density at radius 2 is 1.81 bits per heavy atom. The molecule has 31 heavy (non-hydrogen) atoms. The smallest absolute Gasteiger partial charge is 0.394 e. The molecule has 1 heterocycles. The van der Waals surface area contributed by atoms with Crippen molar-refractivity contribution in [2.45, 2.75) is 12.2 Å². The fourth-order valence-electron chi connectivity index (χ4n) is 2.55. The third-order valence-electron chi connectivity index (χ3n) is 4.02. The minimum absolute atomic E-state index is 0.0144. The number of nitrogens with one attached hydrogen (secondary N) is 1.